The molecule has 1 aromatic heterocycles. The Labute approximate surface area is 152 Å². The number of para-hydroxylation sites is 1. The highest BCUT2D eigenvalue weighted by Gasteiger charge is 2.21. The van der Waals surface area contributed by atoms with E-state index >= 15 is 0 Å². The second kappa shape index (κ2) is 8.64. The maximum Gasteiger partial charge on any atom is 0.226 e. The number of anilines is 1. The topological polar surface area (TPSA) is 69.8 Å². The summed E-state index contributed by atoms with van der Waals surface area (Å²) in [6.45, 7) is 5.73. The zero-order valence-electron chi connectivity index (χ0n) is 15.3. The van der Waals surface area contributed by atoms with Crippen molar-refractivity contribution < 1.29 is 8.91 Å². The van der Waals surface area contributed by atoms with Gasteiger partial charge in [0.15, 0.2) is 11.8 Å². The number of benzene rings is 1. The highest BCUT2D eigenvalue weighted by molar-refractivity contribution is 5.80. The van der Waals surface area contributed by atoms with Gasteiger partial charge in [-0.15, -0.1) is 0 Å². The number of aromatic nitrogens is 2. The molecule has 1 saturated heterocycles. The number of hydrogen-bond acceptors (Lipinski definition) is 5. The minimum absolute atomic E-state index is 0.167. The summed E-state index contributed by atoms with van der Waals surface area (Å²) >= 11 is 0. The van der Waals surface area contributed by atoms with Crippen LogP contribution in [0.2, 0.25) is 0 Å². The number of rotatable bonds is 5. The molecule has 0 unspecified atom stereocenters. The van der Waals surface area contributed by atoms with Crippen molar-refractivity contribution in [3.05, 3.63) is 41.8 Å². The average molecular weight is 360 g/mol. The van der Waals surface area contributed by atoms with Crippen LogP contribution in [0.5, 0.6) is 0 Å². The lowest BCUT2D eigenvalue weighted by atomic mass is 10.2. The normalized spacial score (nSPS) is 15.4. The van der Waals surface area contributed by atoms with Crippen molar-refractivity contribution in [2.45, 2.75) is 19.8 Å². The molecule has 0 atom stereocenters. The number of nitrogens with one attached hydrogen (secondary N) is 1. The van der Waals surface area contributed by atoms with Gasteiger partial charge in [0.05, 0.1) is 5.69 Å². The lowest BCUT2D eigenvalue weighted by Gasteiger charge is -2.37. The summed E-state index contributed by atoms with van der Waals surface area (Å²) in [5.41, 5.74) is 0.671. The first-order valence-corrected chi connectivity index (χ1v) is 8.91. The number of guanidine groups is 1. The molecule has 1 aliphatic rings. The van der Waals surface area contributed by atoms with E-state index in [1.165, 1.54) is 6.07 Å². The number of nitrogens with zero attached hydrogens (tertiary/aromatic N) is 5. The molecule has 7 nitrogen and oxygen atoms in total. The summed E-state index contributed by atoms with van der Waals surface area (Å²) < 4.78 is 19.0. The fraction of sp³-hybridized carbons (Fsp3) is 0.500. The largest absolute Gasteiger partial charge is 0.366 e. The molecule has 2 aromatic rings. The van der Waals surface area contributed by atoms with Crippen molar-refractivity contribution in [1.29, 1.82) is 0 Å². The van der Waals surface area contributed by atoms with Gasteiger partial charge in [0.1, 0.15) is 5.82 Å². The van der Waals surface area contributed by atoms with E-state index in [-0.39, 0.29) is 5.82 Å². The van der Waals surface area contributed by atoms with Gasteiger partial charge >= 0.3 is 0 Å². The summed E-state index contributed by atoms with van der Waals surface area (Å²) in [4.78, 5) is 12.8. The molecule has 1 aliphatic heterocycles. The second-order valence-corrected chi connectivity index (χ2v) is 6.24. The lowest BCUT2D eigenvalue weighted by Crippen LogP contribution is -2.52. The summed E-state index contributed by atoms with van der Waals surface area (Å²) in [6, 6.07) is 6.93. The summed E-state index contributed by atoms with van der Waals surface area (Å²) in [5, 5.41) is 7.16. The molecule has 1 fully saturated rings. The molecular weight excluding hydrogens is 335 g/mol. The molecule has 0 spiro atoms. The van der Waals surface area contributed by atoms with Crippen molar-refractivity contribution >= 4 is 11.6 Å². The third-order valence-electron chi connectivity index (χ3n) is 4.40. The van der Waals surface area contributed by atoms with E-state index in [9.17, 15) is 4.39 Å². The summed E-state index contributed by atoms with van der Waals surface area (Å²) in [5.74, 6) is 2.04. The molecule has 0 saturated carbocycles. The van der Waals surface area contributed by atoms with Crippen molar-refractivity contribution in [1.82, 2.24) is 20.4 Å². The zero-order chi connectivity index (χ0) is 18.4. The van der Waals surface area contributed by atoms with E-state index in [1.54, 1.807) is 13.1 Å². The molecule has 0 bridgehead atoms. The van der Waals surface area contributed by atoms with Gasteiger partial charge in [-0.3, -0.25) is 4.99 Å². The van der Waals surface area contributed by atoms with Crippen LogP contribution >= 0.6 is 0 Å². The Hall–Kier alpha value is -2.64. The minimum atomic E-state index is -0.167. The van der Waals surface area contributed by atoms with Crippen LogP contribution in [0.3, 0.4) is 0 Å². The monoisotopic (exact) mass is 360 g/mol. The Bertz CT molecular complexity index is 739. The SMILES string of the molecule is CN=C(NCCCc1nc(C)no1)N1CCN(c2ccccc2F)CC1. The van der Waals surface area contributed by atoms with Crippen LogP contribution in [0.1, 0.15) is 18.1 Å². The predicted octanol–water partition coefficient (Wildman–Crippen LogP) is 1.85. The van der Waals surface area contributed by atoms with E-state index in [4.69, 9.17) is 4.52 Å². The van der Waals surface area contributed by atoms with E-state index in [0.29, 0.717) is 17.4 Å². The Morgan fingerprint density at radius 1 is 1.27 bits per heavy atom. The fourth-order valence-electron chi connectivity index (χ4n) is 3.08. The van der Waals surface area contributed by atoms with Gasteiger partial charge in [0, 0.05) is 46.2 Å². The molecule has 140 valence electrons. The molecule has 26 heavy (non-hydrogen) atoms. The Balaban J connectivity index is 1.44. The minimum Gasteiger partial charge on any atom is -0.366 e. The lowest BCUT2D eigenvalue weighted by molar-refractivity contribution is 0.364. The number of aryl methyl sites for hydroxylation is 2. The molecule has 2 heterocycles. The second-order valence-electron chi connectivity index (χ2n) is 6.24. The first-order chi connectivity index (χ1) is 12.7. The molecule has 0 aliphatic carbocycles. The van der Waals surface area contributed by atoms with Crippen LogP contribution < -0.4 is 10.2 Å². The van der Waals surface area contributed by atoms with Crippen LogP contribution in [-0.2, 0) is 6.42 Å². The van der Waals surface area contributed by atoms with Gasteiger partial charge in [-0.2, -0.15) is 4.98 Å². The zero-order valence-corrected chi connectivity index (χ0v) is 15.3. The summed E-state index contributed by atoms with van der Waals surface area (Å²) in [6.07, 6.45) is 1.63. The smallest absolute Gasteiger partial charge is 0.226 e. The number of hydrogen-bond donors (Lipinski definition) is 1. The van der Waals surface area contributed by atoms with Crippen molar-refractivity contribution in [2.24, 2.45) is 4.99 Å². The highest BCUT2D eigenvalue weighted by Crippen LogP contribution is 2.20. The first-order valence-electron chi connectivity index (χ1n) is 8.91. The van der Waals surface area contributed by atoms with Crippen molar-refractivity contribution in [2.75, 3.05) is 44.7 Å². The van der Waals surface area contributed by atoms with Crippen LogP contribution in [0.25, 0.3) is 0 Å². The van der Waals surface area contributed by atoms with E-state index in [2.05, 4.69) is 30.2 Å². The third-order valence-corrected chi connectivity index (χ3v) is 4.40. The number of piperazine rings is 1. The molecule has 1 aromatic carbocycles. The Morgan fingerprint density at radius 2 is 2.04 bits per heavy atom. The maximum atomic E-state index is 13.9. The fourth-order valence-corrected chi connectivity index (χ4v) is 3.08. The quantitative estimate of drug-likeness (QED) is 0.499. The van der Waals surface area contributed by atoms with E-state index < -0.39 is 0 Å². The number of aliphatic imine (C=N–C) groups is 1. The third kappa shape index (κ3) is 4.50. The van der Waals surface area contributed by atoms with Crippen LogP contribution in [0.15, 0.2) is 33.8 Å². The van der Waals surface area contributed by atoms with Gasteiger partial charge in [-0.25, -0.2) is 4.39 Å². The molecule has 0 amide bonds. The molecule has 8 heteroatoms. The maximum absolute atomic E-state index is 13.9. The summed E-state index contributed by atoms with van der Waals surface area (Å²) in [7, 11) is 1.78. The van der Waals surface area contributed by atoms with Crippen LogP contribution in [0.4, 0.5) is 10.1 Å². The molecule has 0 radical (unpaired) electrons. The predicted molar refractivity (Wildman–Crippen MR) is 98.9 cm³/mol. The molecular formula is C18H25FN6O. The Morgan fingerprint density at radius 3 is 2.69 bits per heavy atom. The van der Waals surface area contributed by atoms with Crippen molar-refractivity contribution in [3.63, 3.8) is 0 Å². The van der Waals surface area contributed by atoms with Crippen LogP contribution in [-0.4, -0.2) is 60.8 Å². The molecule has 3 rings (SSSR count). The van der Waals surface area contributed by atoms with E-state index in [1.807, 2.05) is 19.1 Å². The van der Waals surface area contributed by atoms with Crippen LogP contribution in [0, 0.1) is 12.7 Å². The van der Waals surface area contributed by atoms with Gasteiger partial charge in [-0.1, -0.05) is 17.3 Å². The first kappa shape index (κ1) is 18.2. The highest BCUT2D eigenvalue weighted by atomic mass is 19.1. The van der Waals surface area contributed by atoms with Crippen molar-refractivity contribution in [3.8, 4) is 0 Å². The van der Waals surface area contributed by atoms with Gasteiger partial charge in [-0.05, 0) is 25.5 Å². The van der Waals surface area contributed by atoms with E-state index in [0.717, 1.165) is 51.5 Å². The Kier molecular flexibility index (Phi) is 6.04. The molecule has 1 N–H and O–H groups in total. The van der Waals surface area contributed by atoms with Gasteiger partial charge in [0.25, 0.3) is 0 Å². The van der Waals surface area contributed by atoms with Gasteiger partial charge < -0.3 is 19.6 Å². The average Bonchev–Trinajstić information content (AvgIpc) is 3.08. The van der Waals surface area contributed by atoms with Gasteiger partial charge in [0.2, 0.25) is 5.89 Å². The standard InChI is InChI=1S/C18H25FN6O/c1-14-22-17(26-23-14)8-5-9-21-18(20-2)25-12-10-24(11-13-25)16-7-4-3-6-15(16)19/h3-4,6-7H,5,8-13H2,1-2H3,(H,20,21). The number of halogens is 1.